The first-order chi connectivity index (χ1) is 11.9. The second-order valence-electron chi connectivity index (χ2n) is 5.65. The molecule has 0 atom stereocenters. The summed E-state index contributed by atoms with van der Waals surface area (Å²) in [5, 5.41) is 4.83. The fourth-order valence-corrected chi connectivity index (χ4v) is 3.55. The molecule has 3 aromatic rings. The van der Waals surface area contributed by atoms with Crippen molar-refractivity contribution in [2.45, 2.75) is 13.1 Å². The number of aromatic nitrogens is 1. The monoisotopic (exact) mass is 424 g/mol. The summed E-state index contributed by atoms with van der Waals surface area (Å²) >= 11 is 3.38. The van der Waals surface area contributed by atoms with E-state index >= 15 is 0 Å². The van der Waals surface area contributed by atoms with Crippen molar-refractivity contribution in [3.63, 3.8) is 0 Å². The average molecular weight is 425 g/mol. The number of fused-ring (bicyclic) bond motifs is 1. The highest BCUT2D eigenvalue weighted by Crippen LogP contribution is 2.25. The maximum atomic E-state index is 12.2. The Balaban J connectivity index is 1.87. The van der Waals surface area contributed by atoms with E-state index in [1.165, 1.54) is 10.6 Å². The van der Waals surface area contributed by atoms with Gasteiger partial charge in [-0.05, 0) is 35.9 Å². The zero-order valence-corrected chi connectivity index (χ0v) is 16.2. The van der Waals surface area contributed by atoms with Gasteiger partial charge in [-0.3, -0.25) is 0 Å². The van der Waals surface area contributed by atoms with Crippen LogP contribution in [0.2, 0.25) is 0 Å². The molecule has 0 aliphatic carbocycles. The molecule has 132 valence electrons. The Morgan fingerprint density at radius 3 is 2.52 bits per heavy atom. The third-order valence-corrected chi connectivity index (χ3v) is 5.51. The van der Waals surface area contributed by atoms with Gasteiger partial charge in [0.25, 0.3) is 0 Å². The van der Waals surface area contributed by atoms with Crippen LogP contribution in [0.1, 0.15) is 11.3 Å². The summed E-state index contributed by atoms with van der Waals surface area (Å²) in [5.74, 6) is 0.725. The smallest absolute Gasteiger partial charge is 0.211 e. The lowest BCUT2D eigenvalue weighted by atomic mass is 10.2. The minimum absolute atomic E-state index is 0.138. The Hall–Kier alpha value is -1.90. The van der Waals surface area contributed by atoms with Gasteiger partial charge >= 0.3 is 0 Å². The Bertz CT molecular complexity index is 984. The topological polar surface area (TPSA) is 72.6 Å². The van der Waals surface area contributed by atoms with Crippen molar-refractivity contribution in [3.8, 4) is 5.75 Å². The molecule has 0 N–H and O–H groups in total. The second-order valence-corrected chi connectivity index (χ2v) is 8.55. The van der Waals surface area contributed by atoms with Gasteiger partial charge in [0.15, 0.2) is 5.58 Å². The molecule has 0 unspecified atom stereocenters. The Labute approximate surface area is 154 Å². The molecule has 3 rings (SSSR count). The van der Waals surface area contributed by atoms with Crippen LogP contribution in [-0.2, 0) is 23.1 Å². The van der Waals surface area contributed by atoms with Crippen molar-refractivity contribution < 1.29 is 17.7 Å². The van der Waals surface area contributed by atoms with Crippen LogP contribution >= 0.6 is 15.9 Å². The number of benzene rings is 2. The van der Waals surface area contributed by atoms with Crippen LogP contribution in [-0.4, -0.2) is 31.2 Å². The molecule has 0 bridgehead atoms. The molecule has 0 amide bonds. The molecule has 1 aromatic heterocycles. The van der Waals surface area contributed by atoms with Crippen molar-refractivity contribution in [3.05, 3.63) is 58.2 Å². The largest absolute Gasteiger partial charge is 0.497 e. The number of hydrogen-bond acceptors (Lipinski definition) is 5. The molecule has 0 aliphatic heterocycles. The molecule has 1 heterocycles. The molecule has 6 nitrogen and oxygen atoms in total. The Kier molecular flexibility index (Phi) is 5.12. The number of nitrogens with zero attached hydrogens (tertiary/aromatic N) is 2. The summed E-state index contributed by atoms with van der Waals surface area (Å²) in [5.41, 5.74) is 2.06. The van der Waals surface area contributed by atoms with E-state index in [9.17, 15) is 8.42 Å². The lowest BCUT2D eigenvalue weighted by Gasteiger charge is -2.19. The van der Waals surface area contributed by atoms with Gasteiger partial charge in [0.05, 0.1) is 19.9 Å². The first-order valence-corrected chi connectivity index (χ1v) is 10.1. The van der Waals surface area contributed by atoms with E-state index < -0.39 is 10.0 Å². The van der Waals surface area contributed by atoms with E-state index in [0.717, 1.165) is 21.2 Å². The van der Waals surface area contributed by atoms with E-state index in [0.29, 0.717) is 11.3 Å². The minimum Gasteiger partial charge on any atom is -0.497 e. The van der Waals surface area contributed by atoms with Crippen molar-refractivity contribution in [1.82, 2.24) is 9.46 Å². The fraction of sp³-hybridized carbons (Fsp3) is 0.235. The maximum absolute atomic E-state index is 12.2. The van der Waals surface area contributed by atoms with Crippen molar-refractivity contribution >= 4 is 36.9 Å². The quantitative estimate of drug-likeness (QED) is 0.604. The second kappa shape index (κ2) is 7.15. The van der Waals surface area contributed by atoms with Gasteiger partial charge in [0, 0.05) is 16.4 Å². The van der Waals surface area contributed by atoms with Gasteiger partial charge in [-0.1, -0.05) is 33.2 Å². The predicted molar refractivity (Wildman–Crippen MR) is 98.8 cm³/mol. The normalized spacial score (nSPS) is 12.0. The van der Waals surface area contributed by atoms with Crippen LogP contribution in [0, 0.1) is 0 Å². The van der Waals surface area contributed by atoms with Crippen LogP contribution in [0.15, 0.2) is 51.5 Å². The average Bonchev–Trinajstić information content (AvgIpc) is 2.96. The molecular weight excluding hydrogens is 408 g/mol. The third kappa shape index (κ3) is 4.20. The summed E-state index contributed by atoms with van der Waals surface area (Å²) in [6.07, 6.45) is 1.19. The minimum atomic E-state index is -3.42. The highest BCUT2D eigenvalue weighted by molar-refractivity contribution is 9.10. The predicted octanol–water partition coefficient (Wildman–Crippen LogP) is 3.56. The van der Waals surface area contributed by atoms with Gasteiger partial charge in [0.2, 0.25) is 10.0 Å². The lowest BCUT2D eigenvalue weighted by Crippen LogP contribution is -2.29. The van der Waals surface area contributed by atoms with Crippen LogP contribution < -0.4 is 4.74 Å². The van der Waals surface area contributed by atoms with Gasteiger partial charge in [-0.25, -0.2) is 8.42 Å². The van der Waals surface area contributed by atoms with Crippen molar-refractivity contribution in [2.75, 3.05) is 13.4 Å². The van der Waals surface area contributed by atoms with E-state index in [-0.39, 0.29) is 13.1 Å². The summed E-state index contributed by atoms with van der Waals surface area (Å²) in [6, 6.07) is 12.8. The van der Waals surface area contributed by atoms with Crippen LogP contribution in [0.4, 0.5) is 0 Å². The zero-order chi connectivity index (χ0) is 18.0. The molecular formula is C17H17BrN2O4S. The molecule has 0 saturated carbocycles. The number of ether oxygens (including phenoxy) is 1. The Morgan fingerprint density at radius 2 is 1.88 bits per heavy atom. The van der Waals surface area contributed by atoms with E-state index in [1.54, 1.807) is 25.3 Å². The molecule has 0 fully saturated rings. The number of hydrogen-bond donors (Lipinski definition) is 0. The van der Waals surface area contributed by atoms with E-state index in [1.807, 2.05) is 24.3 Å². The standard InChI is InChI=1S/C17H17BrN2O4S/c1-23-14-6-3-12(4-7-14)10-20(25(2,21)22)11-16-15-8-5-13(18)9-17(15)24-19-16/h3-9H,10-11H2,1-2H3. The van der Waals surface area contributed by atoms with Crippen LogP contribution in [0.25, 0.3) is 11.0 Å². The SMILES string of the molecule is COc1ccc(CN(Cc2noc3cc(Br)ccc23)S(C)(=O)=O)cc1. The molecule has 25 heavy (non-hydrogen) atoms. The number of sulfonamides is 1. The van der Waals surface area contributed by atoms with Gasteiger partial charge in [-0.15, -0.1) is 0 Å². The fourth-order valence-electron chi connectivity index (χ4n) is 2.47. The third-order valence-electron chi connectivity index (χ3n) is 3.82. The van der Waals surface area contributed by atoms with Crippen molar-refractivity contribution in [2.24, 2.45) is 0 Å². The molecule has 8 heteroatoms. The molecule has 2 aromatic carbocycles. The number of halogens is 1. The van der Waals surface area contributed by atoms with Gasteiger partial charge in [0.1, 0.15) is 11.4 Å². The van der Waals surface area contributed by atoms with Crippen molar-refractivity contribution in [1.29, 1.82) is 0 Å². The molecule has 0 spiro atoms. The van der Waals surface area contributed by atoms with E-state index in [4.69, 9.17) is 9.26 Å². The van der Waals surface area contributed by atoms with E-state index in [2.05, 4.69) is 21.1 Å². The Morgan fingerprint density at radius 1 is 1.16 bits per heavy atom. The molecule has 0 radical (unpaired) electrons. The van der Waals surface area contributed by atoms with Crippen LogP contribution in [0.5, 0.6) is 5.75 Å². The summed E-state index contributed by atoms with van der Waals surface area (Å²) in [7, 11) is -1.83. The highest BCUT2D eigenvalue weighted by Gasteiger charge is 2.21. The zero-order valence-electron chi connectivity index (χ0n) is 13.8. The number of methoxy groups -OCH3 is 1. The maximum Gasteiger partial charge on any atom is 0.211 e. The molecule has 0 aliphatic rings. The van der Waals surface area contributed by atoms with Gasteiger partial charge < -0.3 is 9.26 Å². The van der Waals surface area contributed by atoms with Crippen LogP contribution in [0.3, 0.4) is 0 Å². The number of rotatable bonds is 6. The highest BCUT2D eigenvalue weighted by atomic mass is 79.9. The first kappa shape index (κ1) is 17.9. The molecule has 0 saturated heterocycles. The summed E-state index contributed by atoms with van der Waals surface area (Å²) < 4.78 is 37.1. The first-order valence-electron chi connectivity index (χ1n) is 7.48. The summed E-state index contributed by atoms with van der Waals surface area (Å²) in [6.45, 7) is 0.382. The lowest BCUT2D eigenvalue weighted by molar-refractivity contribution is 0.379. The van der Waals surface area contributed by atoms with Gasteiger partial charge in [-0.2, -0.15) is 4.31 Å². The summed E-state index contributed by atoms with van der Waals surface area (Å²) in [4.78, 5) is 0.